The van der Waals surface area contributed by atoms with Crippen LogP contribution < -0.4 is 25.2 Å². The molecule has 0 unspecified atom stereocenters. The summed E-state index contributed by atoms with van der Waals surface area (Å²) < 4.78 is 14.1. The summed E-state index contributed by atoms with van der Waals surface area (Å²) in [7, 11) is 7.74. The zero-order valence-electron chi connectivity index (χ0n) is 29.5. The summed E-state index contributed by atoms with van der Waals surface area (Å²) in [5.74, 6) is -1.04. The molecule has 0 bridgehead atoms. The third-order valence-corrected chi connectivity index (χ3v) is 9.35. The largest absolute Gasteiger partial charge is 0.456 e. The van der Waals surface area contributed by atoms with Gasteiger partial charge in [-0.15, -0.1) is 5.10 Å². The number of anilines is 3. The molecule has 2 N–H and O–H groups in total. The van der Waals surface area contributed by atoms with Crippen LogP contribution in [0.1, 0.15) is 66.4 Å². The van der Waals surface area contributed by atoms with Crippen LogP contribution in [0.2, 0.25) is 0 Å². The number of rotatable bonds is 10. The maximum Gasteiger partial charge on any atom is 0.340 e. The number of aldehydes is 1. The lowest BCUT2D eigenvalue weighted by atomic mass is 9.77. The number of ether oxygens (including phenoxy) is 2. The average molecular weight is 714 g/mol. The van der Waals surface area contributed by atoms with Gasteiger partial charge in [0.2, 0.25) is 11.7 Å². The maximum atomic E-state index is 13.7. The van der Waals surface area contributed by atoms with Crippen LogP contribution in [0.5, 0.6) is 11.5 Å². The van der Waals surface area contributed by atoms with Crippen LogP contribution in [0.25, 0.3) is 0 Å². The number of nitrogens with zero attached hydrogens (tertiary/aromatic N) is 5. The van der Waals surface area contributed by atoms with E-state index < -0.39 is 35.2 Å². The van der Waals surface area contributed by atoms with Crippen molar-refractivity contribution in [2.45, 2.75) is 25.1 Å². The van der Waals surface area contributed by atoms with E-state index in [1.54, 1.807) is 31.2 Å². The van der Waals surface area contributed by atoms with Gasteiger partial charge in [-0.05, 0) is 55.5 Å². The molecule has 3 heterocycles. The minimum atomic E-state index is -1.29. The molecule has 7 rings (SSSR count). The number of nitrogens with one attached hydrogen (secondary N) is 2. The number of fused-ring (bicyclic) bond motifs is 6. The minimum Gasteiger partial charge on any atom is -0.456 e. The van der Waals surface area contributed by atoms with Crippen LogP contribution in [0.15, 0.2) is 85.1 Å². The fourth-order valence-electron chi connectivity index (χ4n) is 6.44. The molecule has 0 saturated carbocycles. The number of carbonyl (C=O) groups is 5. The first kappa shape index (κ1) is 34.6. The first-order chi connectivity index (χ1) is 25.4. The van der Waals surface area contributed by atoms with E-state index in [1.807, 2.05) is 74.4 Å². The highest BCUT2D eigenvalue weighted by Crippen LogP contribution is 2.57. The molecule has 0 fully saturated rings. The van der Waals surface area contributed by atoms with Gasteiger partial charge in [0.05, 0.1) is 18.3 Å². The van der Waals surface area contributed by atoms with Gasteiger partial charge in [0.15, 0.2) is 11.9 Å². The average Bonchev–Trinajstić information content (AvgIpc) is 3.75. The van der Waals surface area contributed by atoms with Crippen molar-refractivity contribution in [3.8, 4) is 11.5 Å². The maximum absolute atomic E-state index is 13.7. The van der Waals surface area contributed by atoms with Crippen LogP contribution in [-0.2, 0) is 26.5 Å². The van der Waals surface area contributed by atoms with Gasteiger partial charge in [0, 0.05) is 85.2 Å². The number of Topliss-reactive ketones (excluding diaryl/α,β-unsaturated/α-hetero) is 1. The number of carbonyl (C=O) groups excluding carboxylic acids is 5. The smallest absolute Gasteiger partial charge is 0.340 e. The Kier molecular flexibility index (Phi) is 8.73. The van der Waals surface area contributed by atoms with E-state index in [0.29, 0.717) is 39.6 Å². The number of amides is 2. The van der Waals surface area contributed by atoms with Crippen LogP contribution in [0, 0.1) is 0 Å². The highest BCUT2D eigenvalue weighted by molar-refractivity contribution is 6.33. The number of hydrogen-bond acceptors (Lipinski definition) is 11. The summed E-state index contributed by atoms with van der Waals surface area (Å²) in [4.78, 5) is 66.4. The molecular formula is C39H35N7O7. The summed E-state index contributed by atoms with van der Waals surface area (Å²) >= 11 is 0. The summed E-state index contributed by atoms with van der Waals surface area (Å²) in [5, 5.41) is 13.6. The Balaban J connectivity index is 1.10. The molecule has 53 heavy (non-hydrogen) atoms. The number of hydrogen-bond donors (Lipinski definition) is 2. The van der Waals surface area contributed by atoms with Gasteiger partial charge >= 0.3 is 5.97 Å². The van der Waals surface area contributed by atoms with Crippen LogP contribution in [0.4, 0.5) is 17.1 Å². The zero-order valence-corrected chi connectivity index (χ0v) is 29.5. The van der Waals surface area contributed by atoms with Gasteiger partial charge in [-0.3, -0.25) is 19.2 Å². The molecule has 1 atom stereocenters. The second-order valence-electron chi connectivity index (χ2n) is 13.2. The van der Waals surface area contributed by atoms with E-state index in [-0.39, 0.29) is 29.5 Å². The molecule has 2 amide bonds. The summed E-state index contributed by atoms with van der Waals surface area (Å²) in [6.07, 6.45) is 1.74. The number of ketones is 1. The third kappa shape index (κ3) is 6.13. The zero-order chi connectivity index (χ0) is 37.6. The first-order valence-electron chi connectivity index (χ1n) is 16.7. The highest BCUT2D eigenvalue weighted by atomic mass is 16.6. The molecule has 14 heteroatoms. The Labute approximate surface area is 304 Å². The molecule has 268 valence electrons. The number of benzene rings is 4. The molecule has 1 spiro atoms. The Morgan fingerprint density at radius 2 is 1.53 bits per heavy atom. The van der Waals surface area contributed by atoms with E-state index in [2.05, 4.69) is 20.9 Å². The van der Waals surface area contributed by atoms with Crippen LogP contribution in [-0.4, -0.2) is 73.0 Å². The Morgan fingerprint density at radius 1 is 0.868 bits per heavy atom. The second kappa shape index (κ2) is 13.4. The summed E-state index contributed by atoms with van der Waals surface area (Å²) in [5.41, 5.74) is 3.86. The molecule has 14 nitrogen and oxygen atoms in total. The molecule has 4 aromatic carbocycles. The van der Waals surface area contributed by atoms with Crippen molar-refractivity contribution in [1.82, 2.24) is 20.3 Å². The first-order valence-corrected chi connectivity index (χ1v) is 16.7. The van der Waals surface area contributed by atoms with Crippen molar-refractivity contribution in [1.29, 1.82) is 0 Å². The lowest BCUT2D eigenvalue weighted by molar-refractivity contribution is -0.119. The fraction of sp³-hybridized carbons (Fsp3) is 0.205. The van der Waals surface area contributed by atoms with Crippen molar-refractivity contribution < 1.29 is 33.4 Å². The molecule has 0 aliphatic carbocycles. The van der Waals surface area contributed by atoms with Gasteiger partial charge in [-0.25, -0.2) is 9.48 Å². The predicted molar refractivity (Wildman–Crippen MR) is 195 cm³/mol. The molecule has 2 aliphatic rings. The minimum absolute atomic E-state index is 0.00496. The second-order valence-corrected chi connectivity index (χ2v) is 13.2. The molecular weight excluding hydrogens is 678 g/mol. The topological polar surface area (TPSA) is 165 Å². The fourth-order valence-corrected chi connectivity index (χ4v) is 6.44. The van der Waals surface area contributed by atoms with Crippen molar-refractivity contribution in [3.63, 3.8) is 0 Å². The lowest BCUT2D eigenvalue weighted by Crippen LogP contribution is -2.33. The standard InChI is InChI=1S/C39H35N7O7/c1-22(36(49)41-25-8-6-7-23(15-25)33(48)21-47)46-20-26(42-43-46)19-40-37(50)24-9-12-30-29(16-24)38(51)53-39(30)31-13-10-27(44(2)3)17-34(31)52-35-18-28(45(4)5)11-14-32(35)39/h6-18,20-22H,19H2,1-5H3,(H,40,50)(H,41,49)/t22-/m0/s1. The molecule has 1 aromatic heterocycles. The Morgan fingerprint density at radius 3 is 2.17 bits per heavy atom. The van der Waals surface area contributed by atoms with Crippen molar-refractivity contribution in [2.75, 3.05) is 43.3 Å². The van der Waals surface area contributed by atoms with Gasteiger partial charge < -0.3 is 29.9 Å². The van der Waals surface area contributed by atoms with Gasteiger partial charge in [0.25, 0.3) is 5.91 Å². The van der Waals surface area contributed by atoms with E-state index in [9.17, 15) is 24.0 Å². The molecule has 2 aliphatic heterocycles. The summed E-state index contributed by atoms with van der Waals surface area (Å²) in [6.45, 7) is 1.61. The normalized spacial score (nSPS) is 13.8. The lowest BCUT2D eigenvalue weighted by Gasteiger charge is -2.37. The quantitative estimate of drug-likeness (QED) is 0.0907. The predicted octanol–water partition coefficient (Wildman–Crippen LogP) is 4.49. The van der Waals surface area contributed by atoms with Crippen molar-refractivity contribution >= 4 is 46.9 Å². The van der Waals surface area contributed by atoms with E-state index in [0.717, 1.165) is 11.4 Å². The van der Waals surface area contributed by atoms with Crippen LogP contribution in [0.3, 0.4) is 0 Å². The Hall–Kier alpha value is -6.83. The number of aromatic nitrogens is 3. The van der Waals surface area contributed by atoms with Crippen molar-refractivity contribution in [3.05, 3.63) is 124 Å². The number of esters is 1. The molecule has 0 radical (unpaired) electrons. The van der Waals surface area contributed by atoms with E-state index in [1.165, 1.54) is 29.1 Å². The molecule has 0 saturated heterocycles. The van der Waals surface area contributed by atoms with Gasteiger partial charge in [-0.2, -0.15) is 0 Å². The Bertz CT molecular complexity index is 2270. The summed E-state index contributed by atoms with van der Waals surface area (Å²) in [6, 6.07) is 21.7. The van der Waals surface area contributed by atoms with Gasteiger partial charge in [0.1, 0.15) is 23.2 Å². The third-order valence-electron chi connectivity index (χ3n) is 9.35. The monoisotopic (exact) mass is 713 g/mol. The molecule has 5 aromatic rings. The highest BCUT2D eigenvalue weighted by Gasteiger charge is 2.53. The van der Waals surface area contributed by atoms with Crippen molar-refractivity contribution in [2.24, 2.45) is 0 Å². The van der Waals surface area contributed by atoms with Crippen LogP contribution >= 0.6 is 0 Å². The van der Waals surface area contributed by atoms with E-state index in [4.69, 9.17) is 9.47 Å². The van der Waals surface area contributed by atoms with E-state index >= 15 is 0 Å². The SMILES string of the molecule is C[C@@H](C(=O)Nc1cccc(C(=O)C=O)c1)n1cc(CNC(=O)c2ccc3c(c2)C(=O)OC32c3ccc(N(C)C)cc3Oc3cc(N(C)C)ccc32)nn1. The van der Waals surface area contributed by atoms with Gasteiger partial charge in [-0.1, -0.05) is 23.4 Å².